The minimum Gasteiger partial charge on any atom is -0.457 e. The number of hydrogen-bond acceptors (Lipinski definition) is 4. The highest BCUT2D eigenvalue weighted by Crippen LogP contribution is 2.28. The van der Waals surface area contributed by atoms with Crippen LogP contribution in [0.4, 0.5) is 4.79 Å². The van der Waals surface area contributed by atoms with Crippen LogP contribution in [-0.2, 0) is 0 Å². The summed E-state index contributed by atoms with van der Waals surface area (Å²) in [4.78, 5) is 18.7. The fourth-order valence-electron chi connectivity index (χ4n) is 2.90. The smallest absolute Gasteiger partial charge is 0.409 e. The first-order valence-corrected chi connectivity index (χ1v) is 8.80. The SMILES string of the molecule is Cc1ccc(Oc2ccc(-c3nc4ccc(OC(N)=O)cc4[nH]3)cc2)cc1C. The maximum Gasteiger partial charge on any atom is 0.409 e. The van der Waals surface area contributed by atoms with E-state index < -0.39 is 6.09 Å². The molecule has 0 bridgehead atoms. The molecule has 3 aromatic carbocycles. The Morgan fingerprint density at radius 2 is 1.61 bits per heavy atom. The van der Waals surface area contributed by atoms with Gasteiger partial charge in [0.15, 0.2) is 0 Å². The van der Waals surface area contributed by atoms with Gasteiger partial charge in [0.2, 0.25) is 0 Å². The number of nitrogens with one attached hydrogen (secondary N) is 1. The molecule has 0 spiro atoms. The molecular formula is C22H19N3O3. The van der Waals surface area contributed by atoms with E-state index in [1.165, 1.54) is 11.1 Å². The van der Waals surface area contributed by atoms with Crippen LogP contribution in [0.2, 0.25) is 0 Å². The first-order valence-electron chi connectivity index (χ1n) is 8.80. The molecule has 1 heterocycles. The molecule has 6 nitrogen and oxygen atoms in total. The van der Waals surface area contributed by atoms with E-state index >= 15 is 0 Å². The summed E-state index contributed by atoms with van der Waals surface area (Å²) in [5.41, 5.74) is 9.91. The fourth-order valence-corrected chi connectivity index (χ4v) is 2.90. The molecule has 28 heavy (non-hydrogen) atoms. The van der Waals surface area contributed by atoms with Gasteiger partial charge in [0, 0.05) is 11.6 Å². The lowest BCUT2D eigenvalue weighted by Crippen LogP contribution is -2.16. The largest absolute Gasteiger partial charge is 0.457 e. The van der Waals surface area contributed by atoms with E-state index in [4.69, 9.17) is 15.2 Å². The van der Waals surface area contributed by atoms with Crippen molar-refractivity contribution in [2.75, 3.05) is 0 Å². The van der Waals surface area contributed by atoms with Crippen LogP contribution < -0.4 is 15.2 Å². The molecule has 0 radical (unpaired) electrons. The summed E-state index contributed by atoms with van der Waals surface area (Å²) in [7, 11) is 0. The average molecular weight is 373 g/mol. The van der Waals surface area contributed by atoms with Crippen LogP contribution in [-0.4, -0.2) is 16.1 Å². The maximum absolute atomic E-state index is 10.9. The highest BCUT2D eigenvalue weighted by molar-refractivity contribution is 5.81. The zero-order chi connectivity index (χ0) is 19.7. The monoisotopic (exact) mass is 373 g/mol. The zero-order valence-corrected chi connectivity index (χ0v) is 15.5. The van der Waals surface area contributed by atoms with Crippen LogP contribution in [0.15, 0.2) is 60.7 Å². The molecule has 0 saturated carbocycles. The number of primary amides is 1. The van der Waals surface area contributed by atoms with Crippen LogP contribution in [0.3, 0.4) is 0 Å². The van der Waals surface area contributed by atoms with E-state index in [-0.39, 0.29) is 0 Å². The maximum atomic E-state index is 10.9. The molecular weight excluding hydrogens is 354 g/mol. The minimum atomic E-state index is -0.849. The van der Waals surface area contributed by atoms with Gasteiger partial charge in [-0.1, -0.05) is 6.07 Å². The molecule has 1 amide bonds. The third kappa shape index (κ3) is 3.66. The molecule has 4 rings (SSSR count). The summed E-state index contributed by atoms with van der Waals surface area (Å²) in [5.74, 6) is 2.64. The second-order valence-electron chi connectivity index (χ2n) is 6.56. The number of rotatable bonds is 4. The molecule has 0 aliphatic carbocycles. The van der Waals surface area contributed by atoms with Crippen molar-refractivity contribution < 1.29 is 14.3 Å². The number of carbonyl (C=O) groups excluding carboxylic acids is 1. The van der Waals surface area contributed by atoms with E-state index in [0.717, 1.165) is 28.1 Å². The van der Waals surface area contributed by atoms with Crippen LogP contribution in [0.25, 0.3) is 22.4 Å². The Balaban J connectivity index is 1.56. The van der Waals surface area contributed by atoms with Gasteiger partial charge in [0.05, 0.1) is 11.0 Å². The van der Waals surface area contributed by atoms with Gasteiger partial charge >= 0.3 is 6.09 Å². The van der Waals surface area contributed by atoms with Crippen molar-refractivity contribution >= 4 is 17.1 Å². The van der Waals surface area contributed by atoms with Gasteiger partial charge in [-0.15, -0.1) is 0 Å². The van der Waals surface area contributed by atoms with Gasteiger partial charge in [0.1, 0.15) is 23.1 Å². The predicted molar refractivity (Wildman–Crippen MR) is 108 cm³/mol. The Bertz CT molecular complexity index is 1160. The quantitative estimate of drug-likeness (QED) is 0.521. The van der Waals surface area contributed by atoms with Crippen molar-refractivity contribution in [1.29, 1.82) is 0 Å². The van der Waals surface area contributed by atoms with Crippen molar-refractivity contribution in [3.8, 4) is 28.6 Å². The average Bonchev–Trinajstić information content (AvgIpc) is 3.08. The van der Waals surface area contributed by atoms with Gasteiger partial charge in [-0.25, -0.2) is 9.78 Å². The number of ether oxygens (including phenoxy) is 2. The molecule has 0 unspecified atom stereocenters. The molecule has 3 N–H and O–H groups in total. The topological polar surface area (TPSA) is 90.2 Å². The number of aromatic nitrogens is 2. The lowest BCUT2D eigenvalue weighted by atomic mass is 10.1. The van der Waals surface area contributed by atoms with Gasteiger partial charge in [-0.3, -0.25) is 0 Å². The molecule has 0 aliphatic heterocycles. The zero-order valence-electron chi connectivity index (χ0n) is 15.5. The third-order valence-corrected chi connectivity index (χ3v) is 4.51. The second kappa shape index (κ2) is 7.08. The molecule has 4 aromatic rings. The standard InChI is InChI=1S/C22H19N3O3/c1-13-3-6-17(11-14(13)2)27-16-7-4-15(5-8-16)21-24-19-10-9-18(28-22(23)26)12-20(19)25-21/h3-12H,1-2H3,(H2,23,26)(H,24,25). The fraction of sp³-hybridized carbons (Fsp3) is 0.0909. The van der Waals surface area contributed by atoms with Crippen molar-refractivity contribution in [3.05, 3.63) is 71.8 Å². The normalized spacial score (nSPS) is 10.8. The molecule has 0 atom stereocenters. The summed E-state index contributed by atoms with van der Waals surface area (Å²) in [5, 5.41) is 0. The van der Waals surface area contributed by atoms with Gasteiger partial charge < -0.3 is 20.2 Å². The summed E-state index contributed by atoms with van der Waals surface area (Å²) in [6.07, 6.45) is -0.849. The molecule has 140 valence electrons. The van der Waals surface area contributed by atoms with E-state index in [1.54, 1.807) is 18.2 Å². The van der Waals surface area contributed by atoms with Crippen LogP contribution in [0.5, 0.6) is 17.2 Å². The number of amides is 1. The van der Waals surface area contributed by atoms with Crippen LogP contribution >= 0.6 is 0 Å². The number of hydrogen-bond donors (Lipinski definition) is 2. The number of nitrogens with zero attached hydrogens (tertiary/aromatic N) is 1. The van der Waals surface area contributed by atoms with Crippen molar-refractivity contribution in [2.45, 2.75) is 13.8 Å². The highest BCUT2D eigenvalue weighted by Gasteiger charge is 2.08. The van der Waals surface area contributed by atoms with Crippen molar-refractivity contribution in [2.24, 2.45) is 5.73 Å². The summed E-state index contributed by atoms with van der Waals surface area (Å²) >= 11 is 0. The van der Waals surface area contributed by atoms with Crippen molar-refractivity contribution in [3.63, 3.8) is 0 Å². The Morgan fingerprint density at radius 1 is 0.893 bits per heavy atom. The van der Waals surface area contributed by atoms with E-state index in [0.29, 0.717) is 11.6 Å². The van der Waals surface area contributed by atoms with Crippen LogP contribution in [0.1, 0.15) is 11.1 Å². The molecule has 0 aliphatic rings. The third-order valence-electron chi connectivity index (χ3n) is 4.51. The Morgan fingerprint density at radius 3 is 2.32 bits per heavy atom. The molecule has 1 aromatic heterocycles. The first kappa shape index (κ1) is 17.6. The number of imidazole rings is 1. The number of aryl methyl sites for hydroxylation is 2. The number of carbonyl (C=O) groups is 1. The Kier molecular flexibility index (Phi) is 4.45. The number of aromatic amines is 1. The predicted octanol–water partition coefficient (Wildman–Crippen LogP) is 5.10. The first-order chi connectivity index (χ1) is 13.5. The Labute approximate surface area is 161 Å². The lowest BCUT2D eigenvalue weighted by Gasteiger charge is -2.08. The molecule has 0 saturated heterocycles. The highest BCUT2D eigenvalue weighted by atomic mass is 16.5. The van der Waals surface area contributed by atoms with E-state index in [9.17, 15) is 4.79 Å². The number of nitrogens with two attached hydrogens (primary N) is 1. The molecule has 6 heteroatoms. The summed E-state index contributed by atoms with van der Waals surface area (Å²) in [6.45, 7) is 4.14. The van der Waals surface area contributed by atoms with Gasteiger partial charge in [-0.2, -0.15) is 0 Å². The van der Waals surface area contributed by atoms with Crippen molar-refractivity contribution in [1.82, 2.24) is 9.97 Å². The summed E-state index contributed by atoms with van der Waals surface area (Å²) < 4.78 is 10.8. The number of H-pyrrole nitrogens is 1. The molecule has 0 fully saturated rings. The van der Waals surface area contributed by atoms with Gasteiger partial charge in [-0.05, 0) is 73.5 Å². The van der Waals surface area contributed by atoms with E-state index in [2.05, 4.69) is 23.8 Å². The number of benzene rings is 3. The second-order valence-corrected chi connectivity index (χ2v) is 6.56. The van der Waals surface area contributed by atoms with Gasteiger partial charge in [0.25, 0.3) is 0 Å². The summed E-state index contributed by atoms with van der Waals surface area (Å²) in [6, 6.07) is 18.8. The number of fused-ring (bicyclic) bond motifs is 1. The lowest BCUT2D eigenvalue weighted by molar-refractivity contribution is 0.211. The minimum absolute atomic E-state index is 0.368. The van der Waals surface area contributed by atoms with E-state index in [1.807, 2.05) is 42.5 Å². The Hall–Kier alpha value is -3.80. The van der Waals surface area contributed by atoms with Crippen LogP contribution in [0, 0.1) is 13.8 Å².